The van der Waals surface area contributed by atoms with Crippen LogP contribution in [-0.2, 0) is 0 Å². The SMILES string of the molecule is CCNc1nc(C)c(C(=O)N2CCCN(CC3CC3)[C@@H](C(C)C)C2)s1. The second-order valence-electron chi connectivity index (χ2n) is 7.82. The Morgan fingerprint density at radius 2 is 2.12 bits per heavy atom. The van der Waals surface area contributed by atoms with Crippen LogP contribution in [0.3, 0.4) is 0 Å². The number of aromatic nitrogens is 1. The van der Waals surface area contributed by atoms with Gasteiger partial charge in [-0.05, 0) is 44.9 Å². The summed E-state index contributed by atoms with van der Waals surface area (Å²) in [5, 5.41) is 4.09. The summed E-state index contributed by atoms with van der Waals surface area (Å²) in [6.45, 7) is 13.4. The molecule has 1 aromatic rings. The number of aryl methyl sites for hydroxylation is 1. The van der Waals surface area contributed by atoms with Crippen LogP contribution in [0.1, 0.15) is 55.4 Å². The van der Waals surface area contributed by atoms with Gasteiger partial charge in [0, 0.05) is 38.8 Å². The number of hydrogen-bond donors (Lipinski definition) is 1. The van der Waals surface area contributed by atoms with E-state index in [1.807, 2.05) is 6.92 Å². The number of carbonyl (C=O) groups excluding carboxylic acids is 1. The van der Waals surface area contributed by atoms with Crippen molar-refractivity contribution in [2.75, 3.05) is 38.0 Å². The van der Waals surface area contributed by atoms with E-state index < -0.39 is 0 Å². The zero-order valence-electron chi connectivity index (χ0n) is 16.0. The fourth-order valence-electron chi connectivity index (χ4n) is 3.70. The van der Waals surface area contributed by atoms with Crippen LogP contribution < -0.4 is 5.32 Å². The maximum absolute atomic E-state index is 13.2. The van der Waals surface area contributed by atoms with Crippen molar-refractivity contribution in [2.45, 2.75) is 53.0 Å². The Morgan fingerprint density at radius 1 is 1.36 bits per heavy atom. The van der Waals surface area contributed by atoms with Crippen LogP contribution in [-0.4, -0.2) is 59.5 Å². The lowest BCUT2D eigenvalue weighted by Gasteiger charge is -2.34. The lowest BCUT2D eigenvalue weighted by atomic mass is 10.0. The van der Waals surface area contributed by atoms with E-state index in [9.17, 15) is 4.79 Å². The number of nitrogens with one attached hydrogen (secondary N) is 1. The van der Waals surface area contributed by atoms with Gasteiger partial charge in [-0.3, -0.25) is 9.69 Å². The summed E-state index contributed by atoms with van der Waals surface area (Å²) in [5.74, 6) is 1.63. The zero-order chi connectivity index (χ0) is 18.0. The minimum atomic E-state index is 0.165. The minimum Gasteiger partial charge on any atom is -0.362 e. The summed E-state index contributed by atoms with van der Waals surface area (Å²) in [6, 6.07) is 0.466. The van der Waals surface area contributed by atoms with Crippen molar-refractivity contribution < 1.29 is 4.79 Å². The molecular weight excluding hydrogens is 332 g/mol. The van der Waals surface area contributed by atoms with Gasteiger partial charge in [-0.25, -0.2) is 4.98 Å². The van der Waals surface area contributed by atoms with Gasteiger partial charge in [-0.15, -0.1) is 0 Å². The topological polar surface area (TPSA) is 48.5 Å². The Balaban J connectivity index is 1.73. The van der Waals surface area contributed by atoms with Crippen LogP contribution >= 0.6 is 11.3 Å². The van der Waals surface area contributed by atoms with Gasteiger partial charge in [-0.2, -0.15) is 0 Å². The molecule has 1 saturated heterocycles. The van der Waals surface area contributed by atoms with Crippen LogP contribution in [0, 0.1) is 18.8 Å². The molecule has 1 aliphatic heterocycles. The van der Waals surface area contributed by atoms with Crippen molar-refractivity contribution >= 4 is 22.4 Å². The highest BCUT2D eigenvalue weighted by Gasteiger charge is 2.34. The second-order valence-corrected chi connectivity index (χ2v) is 8.82. The third kappa shape index (κ3) is 4.53. The molecule has 2 fully saturated rings. The van der Waals surface area contributed by atoms with Crippen LogP contribution in [0.15, 0.2) is 0 Å². The predicted octanol–water partition coefficient (Wildman–Crippen LogP) is 3.47. The molecule has 0 bridgehead atoms. The Labute approximate surface area is 155 Å². The first kappa shape index (κ1) is 18.6. The van der Waals surface area contributed by atoms with Crippen LogP contribution in [0.5, 0.6) is 0 Å². The number of amides is 1. The maximum Gasteiger partial charge on any atom is 0.265 e. The van der Waals surface area contributed by atoms with Crippen LogP contribution in [0.2, 0.25) is 0 Å². The molecule has 6 heteroatoms. The van der Waals surface area contributed by atoms with Crippen LogP contribution in [0.4, 0.5) is 5.13 Å². The summed E-state index contributed by atoms with van der Waals surface area (Å²) in [6.07, 6.45) is 3.84. The molecule has 1 aliphatic carbocycles. The molecule has 0 aromatic carbocycles. The first-order chi connectivity index (χ1) is 12.0. The first-order valence-corrected chi connectivity index (χ1v) is 10.6. The fourth-order valence-corrected chi connectivity index (χ4v) is 4.71. The largest absolute Gasteiger partial charge is 0.362 e. The van der Waals surface area contributed by atoms with Crippen molar-refractivity contribution in [3.63, 3.8) is 0 Å². The van der Waals surface area contributed by atoms with E-state index >= 15 is 0 Å². The van der Waals surface area contributed by atoms with Gasteiger partial charge in [-0.1, -0.05) is 25.2 Å². The third-order valence-corrected chi connectivity index (χ3v) is 6.42. The van der Waals surface area contributed by atoms with E-state index in [1.54, 1.807) is 0 Å². The molecule has 140 valence electrons. The highest BCUT2D eigenvalue weighted by molar-refractivity contribution is 7.17. The second kappa shape index (κ2) is 8.04. The lowest BCUT2D eigenvalue weighted by molar-refractivity contribution is 0.0708. The molecule has 1 atom stereocenters. The van der Waals surface area contributed by atoms with Gasteiger partial charge < -0.3 is 10.2 Å². The number of carbonyl (C=O) groups is 1. The predicted molar refractivity (Wildman–Crippen MR) is 104 cm³/mol. The molecular formula is C19H32N4OS. The molecule has 0 spiro atoms. The Kier molecular flexibility index (Phi) is 6.00. The Bertz CT molecular complexity index is 596. The highest BCUT2D eigenvalue weighted by atomic mass is 32.1. The zero-order valence-corrected chi connectivity index (χ0v) is 16.9. The van der Waals surface area contributed by atoms with E-state index in [1.165, 1.54) is 30.7 Å². The van der Waals surface area contributed by atoms with E-state index in [0.29, 0.717) is 12.0 Å². The molecule has 5 nitrogen and oxygen atoms in total. The van der Waals surface area contributed by atoms with Crippen molar-refractivity contribution in [2.24, 2.45) is 11.8 Å². The smallest absolute Gasteiger partial charge is 0.265 e. The normalized spacial score (nSPS) is 22.3. The van der Waals surface area contributed by atoms with Gasteiger partial charge in [0.15, 0.2) is 5.13 Å². The molecule has 1 aromatic heterocycles. The summed E-state index contributed by atoms with van der Waals surface area (Å²) >= 11 is 1.50. The fraction of sp³-hybridized carbons (Fsp3) is 0.789. The average molecular weight is 365 g/mol. The van der Waals surface area contributed by atoms with Crippen molar-refractivity contribution in [1.29, 1.82) is 0 Å². The monoisotopic (exact) mass is 364 g/mol. The van der Waals surface area contributed by atoms with E-state index in [2.05, 4.69) is 40.9 Å². The van der Waals surface area contributed by atoms with E-state index in [4.69, 9.17) is 0 Å². The summed E-state index contributed by atoms with van der Waals surface area (Å²) < 4.78 is 0. The molecule has 0 radical (unpaired) electrons. The van der Waals surface area contributed by atoms with Gasteiger partial charge in [0.25, 0.3) is 5.91 Å². The highest BCUT2D eigenvalue weighted by Crippen LogP contribution is 2.32. The van der Waals surface area contributed by atoms with Crippen molar-refractivity contribution in [1.82, 2.24) is 14.8 Å². The molecule has 2 aliphatic rings. The molecule has 1 N–H and O–H groups in total. The number of hydrogen-bond acceptors (Lipinski definition) is 5. The number of anilines is 1. The molecule has 1 amide bonds. The minimum absolute atomic E-state index is 0.165. The van der Waals surface area contributed by atoms with E-state index in [-0.39, 0.29) is 5.91 Å². The number of rotatable bonds is 6. The van der Waals surface area contributed by atoms with Crippen molar-refractivity contribution in [3.05, 3.63) is 10.6 Å². The maximum atomic E-state index is 13.2. The summed E-state index contributed by atoms with van der Waals surface area (Å²) in [5.41, 5.74) is 0.853. The van der Waals surface area contributed by atoms with Gasteiger partial charge in [0.2, 0.25) is 0 Å². The van der Waals surface area contributed by atoms with Crippen LogP contribution in [0.25, 0.3) is 0 Å². The van der Waals surface area contributed by atoms with E-state index in [0.717, 1.165) is 54.2 Å². The van der Waals surface area contributed by atoms with Gasteiger partial charge in [0.1, 0.15) is 4.88 Å². The first-order valence-electron chi connectivity index (χ1n) is 9.74. The van der Waals surface area contributed by atoms with Gasteiger partial charge in [0.05, 0.1) is 5.69 Å². The summed E-state index contributed by atoms with van der Waals surface area (Å²) in [4.78, 5) is 23.2. The quantitative estimate of drug-likeness (QED) is 0.840. The number of nitrogens with zero attached hydrogens (tertiary/aromatic N) is 3. The molecule has 25 heavy (non-hydrogen) atoms. The number of thiazole rings is 1. The average Bonchev–Trinajstić information content (AvgIpc) is 3.33. The molecule has 3 rings (SSSR count). The Hall–Kier alpha value is -1.14. The third-order valence-electron chi connectivity index (χ3n) is 5.32. The molecule has 0 unspecified atom stereocenters. The molecule has 1 saturated carbocycles. The molecule has 2 heterocycles. The van der Waals surface area contributed by atoms with Gasteiger partial charge >= 0.3 is 0 Å². The Morgan fingerprint density at radius 3 is 2.76 bits per heavy atom. The standard InChI is InChI=1S/C19H32N4OS/c1-5-20-19-21-14(4)17(25-19)18(24)23-10-6-9-22(11-15-7-8-15)16(12-23)13(2)3/h13,15-16H,5-12H2,1-4H3,(H,20,21)/t16-/m1/s1. The lowest BCUT2D eigenvalue weighted by Crippen LogP contribution is -2.46. The summed E-state index contributed by atoms with van der Waals surface area (Å²) in [7, 11) is 0. The van der Waals surface area contributed by atoms with Crippen molar-refractivity contribution in [3.8, 4) is 0 Å².